The van der Waals surface area contributed by atoms with Crippen molar-refractivity contribution in [2.75, 3.05) is 11.9 Å². The molecule has 102 valence electrons. The van der Waals surface area contributed by atoms with E-state index in [9.17, 15) is 4.39 Å². The lowest BCUT2D eigenvalue weighted by molar-refractivity contribution is 0.547. The van der Waals surface area contributed by atoms with E-state index in [1.165, 1.54) is 12.1 Å². The Morgan fingerprint density at radius 3 is 2.74 bits per heavy atom. The van der Waals surface area contributed by atoms with Gasteiger partial charge in [-0.05, 0) is 18.2 Å². The highest BCUT2D eigenvalue weighted by Crippen LogP contribution is 2.17. The first-order valence-corrected chi connectivity index (χ1v) is 6.36. The molecule has 2 aromatic rings. The number of aromatic amines is 1. The summed E-state index contributed by atoms with van der Waals surface area (Å²) in [6.07, 6.45) is 0.722. The molecule has 4 nitrogen and oxygen atoms in total. The Bertz CT molecular complexity index is 542. The second-order valence-corrected chi connectivity index (χ2v) is 5.54. The largest absolute Gasteiger partial charge is 0.385 e. The third-order valence-corrected chi connectivity index (χ3v) is 2.72. The molecule has 0 aliphatic carbocycles. The topological polar surface area (TPSA) is 53.6 Å². The van der Waals surface area contributed by atoms with E-state index < -0.39 is 0 Å². The predicted octanol–water partition coefficient (Wildman–Crippen LogP) is 2.90. The van der Waals surface area contributed by atoms with E-state index in [1.807, 2.05) is 6.07 Å². The van der Waals surface area contributed by atoms with Crippen molar-refractivity contribution in [2.45, 2.75) is 32.6 Å². The molecule has 0 fully saturated rings. The highest BCUT2D eigenvalue weighted by molar-refractivity contribution is 5.42. The van der Waals surface area contributed by atoms with Crippen LogP contribution in [0.25, 0.3) is 0 Å². The third-order valence-electron chi connectivity index (χ3n) is 2.72. The van der Waals surface area contributed by atoms with Crippen molar-refractivity contribution >= 4 is 5.69 Å². The van der Waals surface area contributed by atoms with Gasteiger partial charge in [-0.25, -0.2) is 9.37 Å². The summed E-state index contributed by atoms with van der Waals surface area (Å²) in [5.41, 5.74) is 0.723. The zero-order chi connectivity index (χ0) is 13.9. The molecule has 0 atom stereocenters. The second-order valence-electron chi connectivity index (χ2n) is 5.54. The van der Waals surface area contributed by atoms with E-state index in [1.54, 1.807) is 6.07 Å². The van der Waals surface area contributed by atoms with Crippen molar-refractivity contribution < 1.29 is 4.39 Å². The van der Waals surface area contributed by atoms with E-state index >= 15 is 0 Å². The summed E-state index contributed by atoms with van der Waals surface area (Å²) >= 11 is 0. The second kappa shape index (κ2) is 5.38. The highest BCUT2D eigenvalue weighted by atomic mass is 19.1. The molecule has 0 spiro atoms. The molecule has 2 N–H and O–H groups in total. The van der Waals surface area contributed by atoms with Gasteiger partial charge in [0, 0.05) is 24.1 Å². The van der Waals surface area contributed by atoms with Crippen LogP contribution >= 0.6 is 0 Å². The van der Waals surface area contributed by atoms with Gasteiger partial charge in [-0.15, -0.1) is 0 Å². The lowest BCUT2D eigenvalue weighted by atomic mass is 9.96. The Hall–Kier alpha value is -1.91. The van der Waals surface area contributed by atoms with Crippen LogP contribution in [0.2, 0.25) is 0 Å². The van der Waals surface area contributed by atoms with E-state index in [0.717, 1.165) is 23.8 Å². The number of nitrogens with zero attached hydrogens (tertiary/aromatic N) is 2. The van der Waals surface area contributed by atoms with Gasteiger partial charge in [0.15, 0.2) is 5.82 Å². The summed E-state index contributed by atoms with van der Waals surface area (Å²) in [5, 5.41) is 10.3. The third kappa shape index (κ3) is 3.77. The molecule has 19 heavy (non-hydrogen) atoms. The molecule has 0 bridgehead atoms. The fourth-order valence-electron chi connectivity index (χ4n) is 1.67. The summed E-state index contributed by atoms with van der Waals surface area (Å²) in [6, 6.07) is 6.42. The Morgan fingerprint density at radius 2 is 2.11 bits per heavy atom. The number of benzene rings is 1. The molecule has 0 saturated carbocycles. The number of aromatic nitrogens is 3. The minimum atomic E-state index is -0.236. The standard InChI is InChI=1S/C14H19FN4/c1-14(2,3)13-17-12(18-19-13)7-8-16-11-6-4-5-10(15)9-11/h4-6,9,16H,7-8H2,1-3H3,(H,17,18,19). The van der Waals surface area contributed by atoms with Gasteiger partial charge in [-0.1, -0.05) is 26.8 Å². The average Bonchev–Trinajstić information content (AvgIpc) is 2.77. The van der Waals surface area contributed by atoms with Crippen LogP contribution in [0.4, 0.5) is 10.1 Å². The monoisotopic (exact) mass is 262 g/mol. The zero-order valence-electron chi connectivity index (χ0n) is 11.5. The lowest BCUT2D eigenvalue weighted by Gasteiger charge is -2.11. The summed E-state index contributed by atoms with van der Waals surface area (Å²) in [6.45, 7) is 6.91. The van der Waals surface area contributed by atoms with Gasteiger partial charge in [-0.2, -0.15) is 5.10 Å². The lowest BCUT2D eigenvalue weighted by Crippen LogP contribution is -2.13. The molecule has 0 saturated heterocycles. The minimum Gasteiger partial charge on any atom is -0.385 e. The highest BCUT2D eigenvalue weighted by Gasteiger charge is 2.18. The van der Waals surface area contributed by atoms with E-state index in [2.05, 4.69) is 41.3 Å². The van der Waals surface area contributed by atoms with Gasteiger partial charge in [0.05, 0.1) is 0 Å². The molecule has 1 heterocycles. The van der Waals surface area contributed by atoms with Crippen LogP contribution in [0.15, 0.2) is 24.3 Å². The molecule has 0 amide bonds. The van der Waals surface area contributed by atoms with Crippen LogP contribution in [0.5, 0.6) is 0 Å². The molecule has 2 rings (SSSR count). The molecule has 1 aromatic heterocycles. The smallest absolute Gasteiger partial charge is 0.155 e. The zero-order valence-corrected chi connectivity index (χ0v) is 11.5. The summed E-state index contributed by atoms with van der Waals surface area (Å²) in [7, 11) is 0. The fourth-order valence-corrected chi connectivity index (χ4v) is 1.67. The molecule has 0 aliphatic heterocycles. The van der Waals surface area contributed by atoms with Crippen molar-refractivity contribution in [2.24, 2.45) is 0 Å². The average molecular weight is 262 g/mol. The Kier molecular flexibility index (Phi) is 3.83. The summed E-state index contributed by atoms with van der Waals surface area (Å²) in [5.74, 6) is 1.42. The Morgan fingerprint density at radius 1 is 1.32 bits per heavy atom. The molecule has 0 unspecified atom stereocenters. The van der Waals surface area contributed by atoms with E-state index in [-0.39, 0.29) is 11.2 Å². The van der Waals surface area contributed by atoms with Crippen LogP contribution in [0.3, 0.4) is 0 Å². The van der Waals surface area contributed by atoms with Gasteiger partial charge in [0.1, 0.15) is 11.6 Å². The van der Waals surface area contributed by atoms with Crippen molar-refractivity contribution in [1.29, 1.82) is 0 Å². The van der Waals surface area contributed by atoms with Crippen molar-refractivity contribution in [1.82, 2.24) is 15.2 Å². The molecule has 0 radical (unpaired) electrons. The minimum absolute atomic E-state index is 0.0509. The van der Waals surface area contributed by atoms with Gasteiger partial charge in [0.25, 0.3) is 0 Å². The number of hydrogen-bond acceptors (Lipinski definition) is 3. The number of H-pyrrole nitrogens is 1. The Labute approximate surface area is 112 Å². The SMILES string of the molecule is CC(C)(C)c1n[nH]c(CCNc2cccc(F)c2)n1. The molecule has 5 heteroatoms. The van der Waals surface area contributed by atoms with Crippen LogP contribution in [0, 0.1) is 5.82 Å². The quantitative estimate of drug-likeness (QED) is 0.890. The predicted molar refractivity (Wildman–Crippen MR) is 73.7 cm³/mol. The molecule has 1 aromatic carbocycles. The molecular weight excluding hydrogens is 243 g/mol. The first-order valence-electron chi connectivity index (χ1n) is 6.36. The normalized spacial score (nSPS) is 11.6. The summed E-state index contributed by atoms with van der Waals surface area (Å²) < 4.78 is 13.0. The first-order chi connectivity index (χ1) is 8.95. The van der Waals surface area contributed by atoms with Crippen LogP contribution in [-0.2, 0) is 11.8 Å². The van der Waals surface area contributed by atoms with E-state index in [0.29, 0.717) is 6.54 Å². The number of anilines is 1. The van der Waals surface area contributed by atoms with Gasteiger partial charge in [-0.3, -0.25) is 5.10 Å². The van der Waals surface area contributed by atoms with Crippen molar-refractivity contribution in [3.63, 3.8) is 0 Å². The van der Waals surface area contributed by atoms with Crippen molar-refractivity contribution in [3.8, 4) is 0 Å². The first kappa shape index (κ1) is 13.5. The van der Waals surface area contributed by atoms with Gasteiger partial charge >= 0.3 is 0 Å². The Balaban J connectivity index is 1.88. The number of halogens is 1. The summed E-state index contributed by atoms with van der Waals surface area (Å²) in [4.78, 5) is 4.45. The van der Waals surface area contributed by atoms with Crippen molar-refractivity contribution in [3.05, 3.63) is 41.7 Å². The number of hydrogen-bond donors (Lipinski definition) is 2. The number of rotatable bonds is 4. The van der Waals surface area contributed by atoms with E-state index in [4.69, 9.17) is 0 Å². The van der Waals surface area contributed by atoms with Crippen LogP contribution in [0.1, 0.15) is 32.4 Å². The number of nitrogens with one attached hydrogen (secondary N) is 2. The molecular formula is C14H19FN4. The maximum absolute atomic E-state index is 13.0. The molecule has 0 aliphatic rings. The maximum Gasteiger partial charge on any atom is 0.155 e. The van der Waals surface area contributed by atoms with Crippen LogP contribution < -0.4 is 5.32 Å². The van der Waals surface area contributed by atoms with Gasteiger partial charge in [0.2, 0.25) is 0 Å². The van der Waals surface area contributed by atoms with Crippen LogP contribution in [-0.4, -0.2) is 21.7 Å². The van der Waals surface area contributed by atoms with Gasteiger partial charge < -0.3 is 5.32 Å². The fraction of sp³-hybridized carbons (Fsp3) is 0.429. The maximum atomic E-state index is 13.0.